The van der Waals surface area contributed by atoms with Crippen molar-refractivity contribution >= 4 is 28.5 Å². The molecule has 20 heavy (non-hydrogen) atoms. The summed E-state index contributed by atoms with van der Waals surface area (Å²) in [5.74, 6) is -0.250. The van der Waals surface area contributed by atoms with Gasteiger partial charge >= 0.3 is 0 Å². The summed E-state index contributed by atoms with van der Waals surface area (Å²) in [6.45, 7) is 1.39. The first-order valence-corrected chi connectivity index (χ1v) is 7.02. The van der Waals surface area contributed by atoms with Gasteiger partial charge < -0.3 is 5.32 Å². The molecular formula is C14H14N2O3S. The van der Waals surface area contributed by atoms with Gasteiger partial charge in [-0.15, -0.1) is 0 Å². The lowest BCUT2D eigenvalue weighted by Crippen LogP contribution is -2.11. The van der Waals surface area contributed by atoms with Gasteiger partial charge in [-0.25, -0.2) is 4.21 Å². The third-order valence-electron chi connectivity index (χ3n) is 2.65. The number of anilines is 2. The number of rotatable bonds is 4. The van der Waals surface area contributed by atoms with Crippen LogP contribution in [0.25, 0.3) is 11.1 Å². The number of para-hydroxylation sites is 1. The Kier molecular flexibility index (Phi) is 4.49. The molecule has 3 N–H and O–H groups in total. The fourth-order valence-corrected chi connectivity index (χ4v) is 2.26. The van der Waals surface area contributed by atoms with E-state index in [4.69, 9.17) is 4.55 Å². The zero-order valence-electron chi connectivity index (χ0n) is 10.8. The SMILES string of the molecule is CC(=O)Nc1c(NS(=O)O)cccc1-c1ccccc1. The summed E-state index contributed by atoms with van der Waals surface area (Å²) >= 11 is -2.21. The van der Waals surface area contributed by atoms with Crippen molar-refractivity contribution in [3.05, 3.63) is 48.5 Å². The van der Waals surface area contributed by atoms with E-state index in [1.54, 1.807) is 12.1 Å². The minimum Gasteiger partial charge on any atom is -0.324 e. The van der Waals surface area contributed by atoms with Crippen LogP contribution in [0.1, 0.15) is 6.92 Å². The lowest BCUT2D eigenvalue weighted by molar-refractivity contribution is -0.114. The van der Waals surface area contributed by atoms with E-state index in [-0.39, 0.29) is 5.91 Å². The fourth-order valence-electron chi connectivity index (χ4n) is 1.90. The number of benzene rings is 2. The van der Waals surface area contributed by atoms with Crippen LogP contribution in [-0.4, -0.2) is 14.7 Å². The van der Waals surface area contributed by atoms with E-state index in [9.17, 15) is 9.00 Å². The Balaban J connectivity index is 2.55. The molecule has 6 heteroatoms. The van der Waals surface area contributed by atoms with E-state index >= 15 is 0 Å². The summed E-state index contributed by atoms with van der Waals surface area (Å²) < 4.78 is 22.3. The highest BCUT2D eigenvalue weighted by molar-refractivity contribution is 7.80. The Bertz CT molecular complexity index is 644. The van der Waals surface area contributed by atoms with Crippen molar-refractivity contribution in [2.45, 2.75) is 6.92 Å². The highest BCUT2D eigenvalue weighted by atomic mass is 32.2. The first kappa shape index (κ1) is 14.2. The molecule has 2 rings (SSSR count). The van der Waals surface area contributed by atoms with Gasteiger partial charge in [0.15, 0.2) is 0 Å². The van der Waals surface area contributed by atoms with Crippen molar-refractivity contribution < 1.29 is 13.6 Å². The summed E-state index contributed by atoms with van der Waals surface area (Å²) in [5, 5.41) is 2.70. The normalized spacial score (nSPS) is 11.7. The lowest BCUT2D eigenvalue weighted by Gasteiger charge is -2.15. The molecule has 2 aromatic rings. The van der Waals surface area contributed by atoms with Crippen LogP contribution in [0.15, 0.2) is 48.5 Å². The van der Waals surface area contributed by atoms with Crippen molar-refractivity contribution in [2.75, 3.05) is 10.0 Å². The molecule has 0 aliphatic carbocycles. The van der Waals surface area contributed by atoms with Crippen LogP contribution in [0.5, 0.6) is 0 Å². The summed E-state index contributed by atoms with van der Waals surface area (Å²) in [6, 6.07) is 14.7. The monoisotopic (exact) mass is 290 g/mol. The molecule has 0 spiro atoms. The molecule has 0 bridgehead atoms. The molecule has 0 radical (unpaired) electrons. The molecule has 1 unspecified atom stereocenters. The predicted octanol–water partition coefficient (Wildman–Crippen LogP) is 2.86. The van der Waals surface area contributed by atoms with Crippen LogP contribution < -0.4 is 10.0 Å². The van der Waals surface area contributed by atoms with E-state index < -0.39 is 11.3 Å². The van der Waals surface area contributed by atoms with Gasteiger partial charge in [0.25, 0.3) is 11.3 Å². The standard InChI is InChI=1S/C14H14N2O3S/c1-10(17)15-14-12(11-6-3-2-4-7-11)8-5-9-13(14)16-20(18)19/h2-9,16H,1H3,(H,15,17)(H,18,19). The molecule has 0 saturated heterocycles. The second-order valence-electron chi connectivity index (χ2n) is 4.13. The second-order valence-corrected chi connectivity index (χ2v) is 4.83. The van der Waals surface area contributed by atoms with Gasteiger partial charge in [0.1, 0.15) is 0 Å². The molecular weight excluding hydrogens is 276 g/mol. The Morgan fingerprint density at radius 1 is 1.10 bits per heavy atom. The Hall–Kier alpha value is -2.18. The number of hydrogen-bond donors (Lipinski definition) is 3. The maximum atomic E-state index is 11.4. The highest BCUT2D eigenvalue weighted by Crippen LogP contribution is 2.34. The minimum atomic E-state index is -2.21. The largest absolute Gasteiger partial charge is 0.324 e. The Labute approximate surface area is 119 Å². The van der Waals surface area contributed by atoms with Crippen molar-refractivity contribution in [1.29, 1.82) is 0 Å². The lowest BCUT2D eigenvalue weighted by atomic mass is 10.0. The average molecular weight is 290 g/mol. The smallest absolute Gasteiger partial charge is 0.259 e. The average Bonchev–Trinajstić information content (AvgIpc) is 2.40. The van der Waals surface area contributed by atoms with E-state index in [1.165, 1.54) is 6.92 Å². The van der Waals surface area contributed by atoms with Crippen molar-refractivity contribution in [3.8, 4) is 11.1 Å². The molecule has 5 nitrogen and oxygen atoms in total. The van der Waals surface area contributed by atoms with Crippen LogP contribution in [0.4, 0.5) is 11.4 Å². The van der Waals surface area contributed by atoms with Crippen LogP contribution in [-0.2, 0) is 16.1 Å². The predicted molar refractivity (Wildman–Crippen MR) is 80.6 cm³/mol. The number of hydrogen-bond acceptors (Lipinski definition) is 2. The van der Waals surface area contributed by atoms with Crippen molar-refractivity contribution in [1.82, 2.24) is 0 Å². The molecule has 0 aromatic heterocycles. The summed E-state index contributed by atoms with van der Waals surface area (Å²) in [5.41, 5.74) is 2.55. The number of carbonyl (C=O) groups excluding carboxylic acids is 1. The van der Waals surface area contributed by atoms with Crippen molar-refractivity contribution in [2.24, 2.45) is 0 Å². The zero-order valence-corrected chi connectivity index (χ0v) is 11.6. The van der Waals surface area contributed by atoms with Crippen LogP contribution >= 0.6 is 0 Å². The van der Waals surface area contributed by atoms with Gasteiger partial charge in [-0.05, 0) is 11.6 Å². The molecule has 0 heterocycles. The van der Waals surface area contributed by atoms with Crippen LogP contribution in [0.3, 0.4) is 0 Å². The molecule has 1 amide bonds. The first-order valence-electron chi connectivity index (χ1n) is 5.91. The van der Waals surface area contributed by atoms with Gasteiger partial charge in [-0.1, -0.05) is 42.5 Å². The van der Waals surface area contributed by atoms with E-state index in [2.05, 4.69) is 10.0 Å². The number of carbonyl (C=O) groups is 1. The van der Waals surface area contributed by atoms with E-state index in [1.807, 2.05) is 36.4 Å². The van der Waals surface area contributed by atoms with E-state index in [0.29, 0.717) is 11.4 Å². The van der Waals surface area contributed by atoms with Gasteiger partial charge in [0.2, 0.25) is 5.91 Å². The third kappa shape index (κ3) is 3.43. The summed E-state index contributed by atoms with van der Waals surface area (Å²) in [7, 11) is 0. The summed E-state index contributed by atoms with van der Waals surface area (Å²) in [4.78, 5) is 11.4. The van der Waals surface area contributed by atoms with Gasteiger partial charge in [-0.3, -0.25) is 14.1 Å². The maximum Gasteiger partial charge on any atom is 0.259 e. The van der Waals surface area contributed by atoms with E-state index in [0.717, 1.165) is 11.1 Å². The minimum absolute atomic E-state index is 0.250. The number of amides is 1. The van der Waals surface area contributed by atoms with Crippen molar-refractivity contribution in [3.63, 3.8) is 0 Å². The molecule has 1 atom stereocenters. The molecule has 0 aliphatic rings. The Morgan fingerprint density at radius 3 is 2.40 bits per heavy atom. The van der Waals surface area contributed by atoms with Gasteiger partial charge in [0.05, 0.1) is 11.4 Å². The number of nitrogens with one attached hydrogen (secondary N) is 2. The summed E-state index contributed by atoms with van der Waals surface area (Å²) in [6.07, 6.45) is 0. The second kappa shape index (κ2) is 6.31. The third-order valence-corrected chi connectivity index (χ3v) is 3.04. The van der Waals surface area contributed by atoms with Crippen LogP contribution in [0.2, 0.25) is 0 Å². The maximum absolute atomic E-state index is 11.4. The highest BCUT2D eigenvalue weighted by Gasteiger charge is 2.12. The molecule has 0 aliphatic heterocycles. The fraction of sp³-hybridized carbons (Fsp3) is 0.0714. The Morgan fingerprint density at radius 2 is 1.80 bits per heavy atom. The first-order chi connectivity index (χ1) is 9.58. The zero-order chi connectivity index (χ0) is 14.5. The molecule has 2 aromatic carbocycles. The topological polar surface area (TPSA) is 78.4 Å². The quantitative estimate of drug-likeness (QED) is 0.758. The van der Waals surface area contributed by atoms with Crippen LogP contribution in [0, 0.1) is 0 Å². The molecule has 0 fully saturated rings. The molecule has 0 saturated carbocycles. The van der Waals surface area contributed by atoms with Gasteiger partial charge in [0, 0.05) is 12.5 Å². The van der Waals surface area contributed by atoms with Gasteiger partial charge in [-0.2, -0.15) is 0 Å². The molecule has 104 valence electrons.